The summed E-state index contributed by atoms with van der Waals surface area (Å²) in [4.78, 5) is 2.15. The zero-order valence-corrected chi connectivity index (χ0v) is 12.3. The van der Waals surface area contributed by atoms with Gasteiger partial charge in [-0.2, -0.15) is 0 Å². The van der Waals surface area contributed by atoms with Crippen molar-refractivity contribution in [1.82, 2.24) is 4.90 Å². The quantitative estimate of drug-likeness (QED) is 0.873. The van der Waals surface area contributed by atoms with Crippen molar-refractivity contribution in [1.29, 1.82) is 0 Å². The molecule has 3 nitrogen and oxygen atoms in total. The second kappa shape index (κ2) is 6.23. The van der Waals surface area contributed by atoms with Gasteiger partial charge in [0.05, 0.1) is 5.60 Å². The fraction of sp³-hybridized carbons (Fsp3) is 0.600. The Morgan fingerprint density at radius 1 is 1.37 bits per heavy atom. The van der Waals surface area contributed by atoms with Gasteiger partial charge in [-0.1, -0.05) is 36.6 Å². The predicted octanol–water partition coefficient (Wildman–Crippen LogP) is 2.54. The van der Waals surface area contributed by atoms with E-state index in [1.165, 1.54) is 0 Å². The molecule has 0 amide bonds. The lowest BCUT2D eigenvalue weighted by atomic mass is 10.0. The van der Waals surface area contributed by atoms with E-state index in [2.05, 4.69) is 4.90 Å². The van der Waals surface area contributed by atoms with Crippen LogP contribution in [0.15, 0.2) is 18.2 Å². The van der Waals surface area contributed by atoms with Gasteiger partial charge < -0.3 is 10.8 Å². The van der Waals surface area contributed by atoms with Crippen molar-refractivity contribution in [2.75, 3.05) is 13.6 Å². The van der Waals surface area contributed by atoms with Crippen LogP contribution in [0, 0.1) is 0 Å². The van der Waals surface area contributed by atoms with Crippen LogP contribution < -0.4 is 5.73 Å². The lowest BCUT2D eigenvalue weighted by Crippen LogP contribution is -2.38. The fourth-order valence-electron chi connectivity index (χ4n) is 2.89. The summed E-state index contributed by atoms with van der Waals surface area (Å²) in [5, 5.41) is 11.2. The van der Waals surface area contributed by atoms with Crippen LogP contribution in [-0.4, -0.2) is 29.2 Å². The lowest BCUT2D eigenvalue weighted by Gasteiger charge is -2.28. The first-order chi connectivity index (χ1) is 9.02. The van der Waals surface area contributed by atoms with E-state index in [0.717, 1.165) is 48.4 Å². The fourth-order valence-corrected chi connectivity index (χ4v) is 3.15. The van der Waals surface area contributed by atoms with Crippen LogP contribution in [0.2, 0.25) is 5.02 Å². The third-order valence-corrected chi connectivity index (χ3v) is 4.24. The number of nitrogens with two attached hydrogens (primary N) is 1. The molecule has 1 fully saturated rings. The molecule has 1 aromatic rings. The van der Waals surface area contributed by atoms with E-state index in [1.54, 1.807) is 0 Å². The van der Waals surface area contributed by atoms with Crippen molar-refractivity contribution in [2.24, 2.45) is 5.73 Å². The topological polar surface area (TPSA) is 49.5 Å². The smallest absolute Gasteiger partial charge is 0.0774 e. The van der Waals surface area contributed by atoms with Gasteiger partial charge in [0, 0.05) is 24.7 Å². The van der Waals surface area contributed by atoms with E-state index in [4.69, 9.17) is 17.3 Å². The molecule has 1 aliphatic rings. The first kappa shape index (κ1) is 14.8. The number of likely N-dealkylation sites (N-methyl/N-ethyl adjacent to an activating group) is 1. The molecule has 1 aromatic carbocycles. The van der Waals surface area contributed by atoms with Crippen LogP contribution in [-0.2, 0) is 13.1 Å². The average molecular weight is 283 g/mol. The maximum absolute atomic E-state index is 10.4. The molecule has 19 heavy (non-hydrogen) atoms. The van der Waals surface area contributed by atoms with Crippen LogP contribution >= 0.6 is 11.6 Å². The highest BCUT2D eigenvalue weighted by Gasteiger charge is 2.32. The molecule has 3 N–H and O–H groups in total. The zero-order chi connectivity index (χ0) is 13.9. The summed E-state index contributed by atoms with van der Waals surface area (Å²) in [6, 6.07) is 5.97. The Kier molecular flexibility index (Phi) is 4.85. The second-order valence-corrected chi connectivity index (χ2v) is 6.14. The van der Waals surface area contributed by atoms with Crippen LogP contribution in [0.1, 0.15) is 36.8 Å². The van der Waals surface area contributed by atoms with Crippen molar-refractivity contribution in [3.8, 4) is 0 Å². The molecule has 0 heterocycles. The summed E-state index contributed by atoms with van der Waals surface area (Å²) >= 11 is 6.26. The molecule has 0 aromatic heterocycles. The molecule has 0 spiro atoms. The zero-order valence-electron chi connectivity index (χ0n) is 11.5. The Hall–Kier alpha value is -0.610. The van der Waals surface area contributed by atoms with Crippen molar-refractivity contribution in [2.45, 2.75) is 44.4 Å². The largest absolute Gasteiger partial charge is 0.389 e. The van der Waals surface area contributed by atoms with E-state index in [0.29, 0.717) is 13.1 Å². The van der Waals surface area contributed by atoms with Gasteiger partial charge in [0.2, 0.25) is 0 Å². The number of hydrogen-bond donors (Lipinski definition) is 2. The lowest BCUT2D eigenvalue weighted by molar-refractivity contribution is 0.0145. The highest BCUT2D eigenvalue weighted by Crippen LogP contribution is 2.30. The van der Waals surface area contributed by atoms with Gasteiger partial charge in [-0.05, 0) is 37.1 Å². The summed E-state index contributed by atoms with van der Waals surface area (Å²) < 4.78 is 0. The molecule has 1 aliphatic carbocycles. The average Bonchev–Trinajstić information content (AvgIpc) is 2.78. The number of rotatable bonds is 5. The van der Waals surface area contributed by atoms with Crippen molar-refractivity contribution >= 4 is 11.6 Å². The second-order valence-electron chi connectivity index (χ2n) is 5.73. The summed E-state index contributed by atoms with van der Waals surface area (Å²) in [5.41, 5.74) is 7.23. The number of hydrogen-bond acceptors (Lipinski definition) is 3. The van der Waals surface area contributed by atoms with E-state index in [-0.39, 0.29) is 0 Å². The van der Waals surface area contributed by atoms with Gasteiger partial charge in [0.25, 0.3) is 0 Å². The summed E-state index contributed by atoms with van der Waals surface area (Å²) in [5.74, 6) is 0. The normalized spacial score (nSPS) is 18.2. The van der Waals surface area contributed by atoms with E-state index in [1.807, 2.05) is 25.2 Å². The molecule has 2 rings (SSSR count). The van der Waals surface area contributed by atoms with E-state index >= 15 is 0 Å². The van der Waals surface area contributed by atoms with Crippen LogP contribution in [0.4, 0.5) is 0 Å². The van der Waals surface area contributed by atoms with E-state index < -0.39 is 5.60 Å². The Morgan fingerprint density at radius 3 is 2.63 bits per heavy atom. The molecular weight excluding hydrogens is 260 g/mol. The summed E-state index contributed by atoms with van der Waals surface area (Å²) in [6.45, 7) is 1.98. The maximum Gasteiger partial charge on any atom is 0.0774 e. The van der Waals surface area contributed by atoms with Crippen molar-refractivity contribution in [3.05, 3.63) is 34.3 Å². The molecule has 0 aliphatic heterocycles. The Labute approximate surface area is 120 Å². The standard InChI is InChI=1S/C15H23ClN2O/c1-18(11-15(19)6-2-3-7-15)10-13-5-4-12(9-17)8-14(13)16/h4-5,8,19H,2-3,6-7,9-11,17H2,1H3. The van der Waals surface area contributed by atoms with Crippen LogP contribution in [0.5, 0.6) is 0 Å². The number of aliphatic hydroxyl groups is 1. The van der Waals surface area contributed by atoms with Gasteiger partial charge in [-0.3, -0.25) is 4.90 Å². The first-order valence-corrected chi connectivity index (χ1v) is 7.28. The van der Waals surface area contributed by atoms with Gasteiger partial charge in [-0.15, -0.1) is 0 Å². The van der Waals surface area contributed by atoms with E-state index in [9.17, 15) is 5.11 Å². The van der Waals surface area contributed by atoms with Gasteiger partial charge in [-0.25, -0.2) is 0 Å². The molecule has 4 heteroatoms. The molecule has 0 saturated heterocycles. The minimum absolute atomic E-state index is 0.502. The highest BCUT2D eigenvalue weighted by atomic mass is 35.5. The Balaban J connectivity index is 1.96. The SMILES string of the molecule is CN(Cc1ccc(CN)cc1Cl)CC1(O)CCCC1. The minimum atomic E-state index is -0.502. The highest BCUT2D eigenvalue weighted by molar-refractivity contribution is 6.31. The van der Waals surface area contributed by atoms with Crippen molar-refractivity contribution < 1.29 is 5.11 Å². The van der Waals surface area contributed by atoms with Crippen LogP contribution in [0.3, 0.4) is 0 Å². The number of halogens is 1. The minimum Gasteiger partial charge on any atom is -0.389 e. The monoisotopic (exact) mass is 282 g/mol. The van der Waals surface area contributed by atoms with Crippen molar-refractivity contribution in [3.63, 3.8) is 0 Å². The number of benzene rings is 1. The Morgan fingerprint density at radius 2 is 2.05 bits per heavy atom. The van der Waals surface area contributed by atoms with Gasteiger partial charge in [0.15, 0.2) is 0 Å². The van der Waals surface area contributed by atoms with Crippen LogP contribution in [0.25, 0.3) is 0 Å². The Bertz CT molecular complexity index is 430. The molecule has 1 saturated carbocycles. The van der Waals surface area contributed by atoms with Gasteiger partial charge >= 0.3 is 0 Å². The predicted molar refractivity (Wildman–Crippen MR) is 79.1 cm³/mol. The molecule has 0 atom stereocenters. The third kappa shape index (κ3) is 3.93. The summed E-state index contributed by atoms with van der Waals surface area (Å²) in [6.07, 6.45) is 4.10. The molecular formula is C15H23ClN2O. The first-order valence-electron chi connectivity index (χ1n) is 6.91. The molecule has 106 valence electrons. The molecule has 0 unspecified atom stereocenters. The maximum atomic E-state index is 10.4. The van der Waals surface area contributed by atoms with Gasteiger partial charge in [0.1, 0.15) is 0 Å². The molecule has 0 bridgehead atoms. The molecule has 0 radical (unpaired) electrons. The number of nitrogens with zero attached hydrogens (tertiary/aromatic N) is 1. The summed E-state index contributed by atoms with van der Waals surface area (Å²) in [7, 11) is 2.03. The third-order valence-electron chi connectivity index (χ3n) is 3.89.